The van der Waals surface area contributed by atoms with Crippen molar-refractivity contribution in [2.45, 2.75) is 53.0 Å². The highest BCUT2D eigenvalue weighted by atomic mass is 31.2. The number of hydrogen-bond acceptors (Lipinski definition) is 7. The van der Waals surface area contributed by atoms with Crippen molar-refractivity contribution in [1.82, 2.24) is 4.90 Å². The van der Waals surface area contributed by atoms with Gasteiger partial charge in [-0.1, -0.05) is 13.8 Å². The van der Waals surface area contributed by atoms with Crippen molar-refractivity contribution >= 4 is 7.82 Å². The topological polar surface area (TPSA) is 66.5 Å². The van der Waals surface area contributed by atoms with Gasteiger partial charge in [-0.2, -0.15) is 0 Å². The maximum atomic E-state index is 12.9. The standard InChI is InChI=1S/C24H40NO6P/c1-7-29-32(26,30-8-2)31-16-20-12-22-21-14-24(28-6)23(27-5)13-18(21)9-10-25(22)15-19(20)11-17(3)4/h13-14,17,19-20,22H,7-12,15-16H2,1-6H3/t19-,20+,22-/m1/s1. The first-order chi connectivity index (χ1) is 15.3. The van der Waals surface area contributed by atoms with E-state index < -0.39 is 7.82 Å². The molecule has 8 heteroatoms. The van der Waals surface area contributed by atoms with E-state index in [0.717, 1.165) is 43.9 Å². The molecule has 1 aromatic rings. The lowest BCUT2D eigenvalue weighted by molar-refractivity contribution is 0.0124. The first kappa shape index (κ1) is 25.5. The average Bonchev–Trinajstić information content (AvgIpc) is 2.76. The first-order valence-electron chi connectivity index (χ1n) is 11.9. The summed E-state index contributed by atoms with van der Waals surface area (Å²) in [4.78, 5) is 2.60. The predicted octanol–water partition coefficient (Wildman–Crippen LogP) is 5.48. The van der Waals surface area contributed by atoms with Crippen LogP contribution in [0.1, 0.15) is 57.7 Å². The highest BCUT2D eigenvalue weighted by Gasteiger charge is 2.41. The fraction of sp³-hybridized carbons (Fsp3) is 0.750. The second-order valence-electron chi connectivity index (χ2n) is 9.13. The molecule has 2 aliphatic rings. The molecule has 0 aromatic heterocycles. The van der Waals surface area contributed by atoms with Gasteiger partial charge in [0.25, 0.3) is 0 Å². The zero-order valence-electron chi connectivity index (χ0n) is 20.5. The molecular weight excluding hydrogens is 429 g/mol. The number of rotatable bonds is 11. The van der Waals surface area contributed by atoms with E-state index in [1.807, 2.05) is 0 Å². The van der Waals surface area contributed by atoms with Crippen LogP contribution in [0.25, 0.3) is 0 Å². The van der Waals surface area contributed by atoms with E-state index in [9.17, 15) is 4.57 Å². The summed E-state index contributed by atoms with van der Waals surface area (Å²) in [5, 5.41) is 0. The molecule has 3 atom stereocenters. The van der Waals surface area contributed by atoms with Crippen molar-refractivity contribution in [3.63, 3.8) is 0 Å². The lowest BCUT2D eigenvalue weighted by Crippen LogP contribution is -2.47. The molecule has 0 spiro atoms. The zero-order chi connectivity index (χ0) is 23.3. The lowest BCUT2D eigenvalue weighted by atomic mass is 9.74. The summed E-state index contributed by atoms with van der Waals surface area (Å²) in [6, 6.07) is 4.54. The maximum absolute atomic E-state index is 12.9. The summed E-state index contributed by atoms with van der Waals surface area (Å²) in [7, 11) is -0.163. The van der Waals surface area contributed by atoms with E-state index in [1.54, 1.807) is 28.1 Å². The summed E-state index contributed by atoms with van der Waals surface area (Å²) in [6.07, 6.45) is 3.06. The van der Waals surface area contributed by atoms with E-state index in [2.05, 4.69) is 30.9 Å². The van der Waals surface area contributed by atoms with Gasteiger partial charge in [0.05, 0.1) is 34.0 Å². The molecule has 0 N–H and O–H groups in total. The van der Waals surface area contributed by atoms with Crippen molar-refractivity contribution in [3.8, 4) is 11.5 Å². The van der Waals surface area contributed by atoms with E-state index in [4.69, 9.17) is 23.0 Å². The van der Waals surface area contributed by atoms with Crippen LogP contribution in [-0.2, 0) is 24.6 Å². The molecule has 2 heterocycles. The number of phosphoric ester groups is 1. The van der Waals surface area contributed by atoms with Gasteiger partial charge in [-0.15, -0.1) is 0 Å². The van der Waals surface area contributed by atoms with E-state index in [1.165, 1.54) is 11.1 Å². The molecule has 3 rings (SSSR count). The number of fused-ring (bicyclic) bond motifs is 3. The molecular formula is C24H40NO6P. The van der Waals surface area contributed by atoms with Crippen LogP contribution in [0.15, 0.2) is 12.1 Å². The van der Waals surface area contributed by atoms with Gasteiger partial charge in [0.15, 0.2) is 11.5 Å². The Morgan fingerprint density at radius 2 is 1.69 bits per heavy atom. The molecule has 0 aliphatic carbocycles. The Morgan fingerprint density at radius 1 is 1.03 bits per heavy atom. The summed E-state index contributed by atoms with van der Waals surface area (Å²) in [5.41, 5.74) is 2.62. The first-order valence-corrected chi connectivity index (χ1v) is 13.3. The summed E-state index contributed by atoms with van der Waals surface area (Å²) in [5.74, 6) is 2.88. The van der Waals surface area contributed by atoms with Crippen LogP contribution in [0, 0.1) is 17.8 Å². The third kappa shape index (κ3) is 5.87. The molecule has 1 saturated heterocycles. The van der Waals surface area contributed by atoms with Gasteiger partial charge in [0, 0.05) is 19.1 Å². The molecule has 0 saturated carbocycles. The Morgan fingerprint density at radius 3 is 2.28 bits per heavy atom. The maximum Gasteiger partial charge on any atom is 0.474 e. The van der Waals surface area contributed by atoms with Crippen molar-refractivity contribution in [2.75, 3.05) is 47.1 Å². The number of ether oxygens (including phenoxy) is 2. The molecule has 32 heavy (non-hydrogen) atoms. The van der Waals surface area contributed by atoms with Crippen LogP contribution < -0.4 is 9.47 Å². The van der Waals surface area contributed by atoms with Gasteiger partial charge in [-0.25, -0.2) is 4.57 Å². The lowest BCUT2D eigenvalue weighted by Gasteiger charge is -2.47. The minimum absolute atomic E-state index is 0.270. The third-order valence-corrected chi connectivity index (χ3v) is 8.18. The van der Waals surface area contributed by atoms with Gasteiger partial charge >= 0.3 is 7.82 Å². The molecule has 0 unspecified atom stereocenters. The van der Waals surface area contributed by atoms with Crippen molar-refractivity contribution < 1.29 is 27.6 Å². The normalized spacial score (nSPS) is 23.7. The van der Waals surface area contributed by atoms with E-state index >= 15 is 0 Å². The summed E-state index contributed by atoms with van der Waals surface area (Å²) < 4.78 is 40.6. The number of phosphoric acid groups is 1. The molecule has 0 bridgehead atoms. The number of piperidine rings is 1. The molecule has 2 aliphatic heterocycles. The van der Waals surface area contributed by atoms with Crippen LogP contribution in [-0.4, -0.2) is 52.0 Å². The SMILES string of the molecule is CCOP(=O)(OCC)OC[C@@H]1C[C@@H]2c3cc(OC)c(OC)cc3CCN2C[C@H]1CC(C)C. The highest BCUT2D eigenvalue weighted by Crippen LogP contribution is 2.52. The van der Waals surface area contributed by atoms with Crippen LogP contribution >= 0.6 is 7.82 Å². The van der Waals surface area contributed by atoms with Crippen molar-refractivity contribution in [1.29, 1.82) is 0 Å². The molecule has 0 amide bonds. The zero-order valence-corrected chi connectivity index (χ0v) is 21.4. The molecule has 0 radical (unpaired) electrons. The minimum atomic E-state index is -3.52. The van der Waals surface area contributed by atoms with Crippen molar-refractivity contribution in [3.05, 3.63) is 23.3 Å². The molecule has 1 fully saturated rings. The average molecular weight is 470 g/mol. The Hall–Kier alpha value is -1.11. The smallest absolute Gasteiger partial charge is 0.474 e. The monoisotopic (exact) mass is 469 g/mol. The van der Waals surface area contributed by atoms with Gasteiger partial charge in [0.2, 0.25) is 0 Å². The van der Waals surface area contributed by atoms with Gasteiger partial charge in [-0.3, -0.25) is 18.5 Å². The van der Waals surface area contributed by atoms with Crippen LogP contribution in [0.5, 0.6) is 11.5 Å². The van der Waals surface area contributed by atoms with Crippen LogP contribution in [0.4, 0.5) is 0 Å². The third-order valence-electron chi connectivity index (χ3n) is 6.57. The summed E-state index contributed by atoms with van der Waals surface area (Å²) in [6.45, 7) is 11.1. The number of nitrogens with zero attached hydrogens (tertiary/aromatic N) is 1. The molecule has 1 aromatic carbocycles. The molecule has 7 nitrogen and oxygen atoms in total. The Bertz CT molecular complexity index is 791. The van der Waals surface area contributed by atoms with Crippen LogP contribution in [0.2, 0.25) is 0 Å². The quantitative estimate of drug-likeness (QED) is 0.398. The largest absolute Gasteiger partial charge is 0.493 e. The Balaban J connectivity index is 1.84. The second-order valence-corrected chi connectivity index (χ2v) is 10.8. The predicted molar refractivity (Wildman–Crippen MR) is 125 cm³/mol. The number of methoxy groups -OCH3 is 2. The number of benzene rings is 1. The Kier molecular flexibility index (Phi) is 9.05. The van der Waals surface area contributed by atoms with Gasteiger partial charge in [-0.05, 0) is 74.1 Å². The fourth-order valence-corrected chi connectivity index (χ4v) is 6.43. The van der Waals surface area contributed by atoms with Gasteiger partial charge < -0.3 is 9.47 Å². The second kappa shape index (κ2) is 11.3. The summed E-state index contributed by atoms with van der Waals surface area (Å²) >= 11 is 0. The Labute approximate surface area is 193 Å². The fourth-order valence-electron chi connectivity index (χ4n) is 5.20. The minimum Gasteiger partial charge on any atom is -0.493 e. The molecule has 182 valence electrons. The van der Waals surface area contributed by atoms with Gasteiger partial charge in [0.1, 0.15) is 0 Å². The van der Waals surface area contributed by atoms with Crippen LogP contribution in [0.3, 0.4) is 0 Å². The number of hydrogen-bond donors (Lipinski definition) is 0. The van der Waals surface area contributed by atoms with E-state index in [-0.39, 0.29) is 12.0 Å². The highest BCUT2D eigenvalue weighted by molar-refractivity contribution is 7.48. The van der Waals surface area contributed by atoms with Crippen molar-refractivity contribution in [2.24, 2.45) is 17.8 Å². The van der Waals surface area contributed by atoms with E-state index in [0.29, 0.717) is 31.7 Å².